The van der Waals surface area contributed by atoms with Gasteiger partial charge in [-0.3, -0.25) is 0 Å². The fourth-order valence-corrected chi connectivity index (χ4v) is 1.66. The van der Waals surface area contributed by atoms with Gasteiger partial charge >= 0.3 is 8.25 Å². The highest BCUT2D eigenvalue weighted by Crippen LogP contribution is 2.18. The average Bonchev–Trinajstić information content (AvgIpc) is 2.29. The molecule has 0 spiro atoms. The van der Waals surface area contributed by atoms with Crippen molar-refractivity contribution in [2.45, 2.75) is 25.5 Å². The van der Waals surface area contributed by atoms with Gasteiger partial charge in [0.05, 0.1) is 6.61 Å². The number of ether oxygens (including phenoxy) is 1. The maximum absolute atomic E-state index is 10.3. The van der Waals surface area contributed by atoms with Crippen LogP contribution in [0.4, 0.5) is 0 Å². The average molecular weight is 258 g/mol. The molecular formula is C11H17NO4P+. The third-order valence-electron chi connectivity index (χ3n) is 2.12. The van der Waals surface area contributed by atoms with Gasteiger partial charge in [-0.15, -0.1) is 9.42 Å². The van der Waals surface area contributed by atoms with E-state index in [0.717, 1.165) is 18.6 Å². The molecule has 0 aliphatic carbocycles. The number of unbranched alkanes of at least 4 members (excludes halogenated alkanes) is 1. The Hall–Kier alpha value is -1.00. The number of hydrogen-bond acceptors (Lipinski definition) is 4. The molecule has 0 bridgehead atoms. The van der Waals surface area contributed by atoms with Crippen molar-refractivity contribution < 1.29 is 18.7 Å². The van der Waals surface area contributed by atoms with Gasteiger partial charge in [-0.25, -0.2) is 0 Å². The highest BCUT2D eigenvalue weighted by molar-refractivity contribution is 7.32. The third kappa shape index (κ3) is 7.02. The van der Waals surface area contributed by atoms with Crippen molar-refractivity contribution in [1.82, 2.24) is 0 Å². The van der Waals surface area contributed by atoms with Crippen LogP contribution in [0.2, 0.25) is 0 Å². The van der Waals surface area contributed by atoms with E-state index in [1.807, 2.05) is 30.3 Å². The molecule has 1 rings (SSSR count). The summed E-state index contributed by atoms with van der Waals surface area (Å²) in [5.74, 6) is 0.839. The number of benzene rings is 1. The van der Waals surface area contributed by atoms with Crippen molar-refractivity contribution in [3.63, 3.8) is 0 Å². The molecule has 2 unspecified atom stereocenters. The molecule has 0 fully saturated rings. The van der Waals surface area contributed by atoms with E-state index in [-0.39, 0.29) is 0 Å². The maximum Gasteiger partial charge on any atom is 0.696 e. The van der Waals surface area contributed by atoms with Gasteiger partial charge in [-0.1, -0.05) is 18.2 Å². The summed E-state index contributed by atoms with van der Waals surface area (Å²) in [4.78, 5) is 8.46. The summed E-state index contributed by atoms with van der Waals surface area (Å²) >= 11 is 0. The van der Waals surface area contributed by atoms with Crippen LogP contribution < -0.4 is 10.5 Å². The first-order valence-electron chi connectivity index (χ1n) is 5.45. The highest BCUT2D eigenvalue weighted by Gasteiger charge is 2.18. The molecule has 5 nitrogen and oxygen atoms in total. The van der Waals surface area contributed by atoms with E-state index >= 15 is 0 Å². The first-order valence-corrected chi connectivity index (χ1v) is 6.58. The SMILES string of the molecule is NC(CCCCOc1ccccc1)O[P+](=O)O. The smallest absolute Gasteiger partial charge is 0.494 e. The molecule has 0 aromatic heterocycles. The summed E-state index contributed by atoms with van der Waals surface area (Å²) in [5.41, 5.74) is 5.46. The molecule has 94 valence electrons. The van der Waals surface area contributed by atoms with Gasteiger partial charge in [0.2, 0.25) is 0 Å². The van der Waals surface area contributed by atoms with Gasteiger partial charge in [-0.05, 0) is 31.4 Å². The second-order valence-corrected chi connectivity index (χ2v) is 4.23. The minimum atomic E-state index is -2.61. The summed E-state index contributed by atoms with van der Waals surface area (Å²) in [6, 6.07) is 9.55. The number of para-hydroxylation sites is 1. The van der Waals surface area contributed by atoms with E-state index in [1.54, 1.807) is 0 Å². The van der Waals surface area contributed by atoms with Crippen LogP contribution in [-0.2, 0) is 9.09 Å². The van der Waals surface area contributed by atoms with Crippen molar-refractivity contribution in [1.29, 1.82) is 0 Å². The van der Waals surface area contributed by atoms with E-state index in [9.17, 15) is 4.57 Å². The van der Waals surface area contributed by atoms with Crippen LogP contribution in [0.15, 0.2) is 30.3 Å². The van der Waals surface area contributed by atoms with Crippen molar-refractivity contribution in [2.24, 2.45) is 5.73 Å². The molecule has 17 heavy (non-hydrogen) atoms. The Bertz CT molecular complexity index is 334. The molecule has 6 heteroatoms. The Balaban J connectivity index is 2.03. The zero-order valence-electron chi connectivity index (χ0n) is 9.49. The normalized spacial score (nSPS) is 13.2. The van der Waals surface area contributed by atoms with Crippen LogP contribution in [0.3, 0.4) is 0 Å². The molecule has 0 aliphatic rings. The Kier molecular flexibility index (Phi) is 6.74. The van der Waals surface area contributed by atoms with Gasteiger partial charge in [0, 0.05) is 4.57 Å². The van der Waals surface area contributed by atoms with E-state index in [0.29, 0.717) is 13.0 Å². The van der Waals surface area contributed by atoms with Gasteiger partial charge in [0.1, 0.15) is 5.75 Å². The maximum atomic E-state index is 10.3. The topological polar surface area (TPSA) is 81.8 Å². The predicted molar refractivity (Wildman–Crippen MR) is 64.7 cm³/mol. The Morgan fingerprint density at radius 2 is 2.00 bits per heavy atom. The molecule has 0 saturated heterocycles. The summed E-state index contributed by atoms with van der Waals surface area (Å²) in [7, 11) is -2.61. The monoisotopic (exact) mass is 258 g/mol. The second kappa shape index (κ2) is 8.14. The molecule has 2 atom stereocenters. The van der Waals surface area contributed by atoms with Gasteiger partial charge in [0.15, 0.2) is 6.23 Å². The highest BCUT2D eigenvalue weighted by atomic mass is 31.1. The second-order valence-electron chi connectivity index (χ2n) is 3.54. The van der Waals surface area contributed by atoms with Crippen molar-refractivity contribution in [3.8, 4) is 5.75 Å². The summed E-state index contributed by atoms with van der Waals surface area (Å²) in [5, 5.41) is 0. The van der Waals surface area contributed by atoms with Crippen LogP contribution in [0.25, 0.3) is 0 Å². The summed E-state index contributed by atoms with van der Waals surface area (Å²) in [6.07, 6.45) is 1.48. The van der Waals surface area contributed by atoms with Crippen LogP contribution in [-0.4, -0.2) is 17.7 Å². The zero-order valence-corrected chi connectivity index (χ0v) is 10.4. The van der Waals surface area contributed by atoms with Crippen molar-refractivity contribution >= 4 is 8.25 Å². The minimum absolute atomic E-state index is 0.541. The quantitative estimate of drug-likeness (QED) is 0.424. The summed E-state index contributed by atoms with van der Waals surface area (Å²) < 4.78 is 20.3. The molecular weight excluding hydrogens is 241 g/mol. The van der Waals surface area contributed by atoms with Crippen LogP contribution in [0, 0.1) is 0 Å². The van der Waals surface area contributed by atoms with Gasteiger partial charge < -0.3 is 10.5 Å². The lowest BCUT2D eigenvalue weighted by Gasteiger charge is -2.06. The Labute approximate surface area is 101 Å². The molecule has 0 amide bonds. The van der Waals surface area contributed by atoms with Gasteiger partial charge in [-0.2, -0.15) is 0 Å². The molecule has 1 aromatic carbocycles. The van der Waals surface area contributed by atoms with E-state index < -0.39 is 14.5 Å². The van der Waals surface area contributed by atoms with Crippen molar-refractivity contribution in [2.75, 3.05) is 6.61 Å². The molecule has 0 heterocycles. The Morgan fingerprint density at radius 3 is 2.65 bits per heavy atom. The third-order valence-corrected chi connectivity index (χ3v) is 2.57. The molecule has 1 aromatic rings. The minimum Gasteiger partial charge on any atom is -0.494 e. The van der Waals surface area contributed by atoms with Crippen LogP contribution in [0.5, 0.6) is 5.75 Å². The summed E-state index contributed by atoms with van der Waals surface area (Å²) in [6.45, 7) is 0.599. The largest absolute Gasteiger partial charge is 0.696 e. The predicted octanol–water partition coefficient (Wildman–Crippen LogP) is 2.19. The number of rotatable bonds is 8. The van der Waals surface area contributed by atoms with Crippen molar-refractivity contribution in [3.05, 3.63) is 30.3 Å². The zero-order chi connectivity index (χ0) is 12.5. The molecule has 0 saturated carbocycles. The lowest BCUT2D eigenvalue weighted by Crippen LogP contribution is -2.20. The van der Waals surface area contributed by atoms with Crippen LogP contribution >= 0.6 is 8.25 Å². The van der Waals surface area contributed by atoms with E-state index in [4.69, 9.17) is 15.4 Å². The standard InChI is InChI=1S/C11H16NO4P/c12-11(16-17(13)14)8-4-5-9-15-10-6-2-1-3-7-10/h1-3,6-7,11H,4-5,8-9,12H2/p+1. The number of nitrogens with two attached hydrogens (primary N) is 1. The van der Waals surface area contributed by atoms with E-state index in [2.05, 4.69) is 4.52 Å². The molecule has 0 aliphatic heterocycles. The van der Waals surface area contributed by atoms with E-state index in [1.165, 1.54) is 0 Å². The van der Waals surface area contributed by atoms with Gasteiger partial charge in [0.25, 0.3) is 0 Å². The fraction of sp³-hybridized carbons (Fsp3) is 0.455. The number of hydrogen-bond donors (Lipinski definition) is 2. The first kappa shape index (κ1) is 14.1. The fourth-order valence-electron chi connectivity index (χ4n) is 1.32. The van der Waals surface area contributed by atoms with Crippen LogP contribution in [0.1, 0.15) is 19.3 Å². The first-order chi connectivity index (χ1) is 8.18. The molecule has 3 N–H and O–H groups in total. The lowest BCUT2D eigenvalue weighted by molar-refractivity contribution is 0.179. The Morgan fingerprint density at radius 1 is 1.29 bits per heavy atom. The molecule has 0 radical (unpaired) electrons. The lowest BCUT2D eigenvalue weighted by atomic mass is 10.2.